The molecule has 0 fully saturated rings. The standard InChI is InChI=1S/C26H28N2O7S.C25H26N2O7S.Li.2H2O/c1-26(2,3)27-25(30)28-36(31,32)23-16-19(24(29)34-5)11-14-22(23)35-21-8-6-7-18(15-21)17-9-12-20(33-4)13-10-17;1-25(2,3)26-24(30)27-35(31,32)22-15-18(23(28)29)10-13-21(22)34-20-7-5-6-17(14-20)16-8-11-19(33-4)12-9-16;;;/h6-16H,1-5H3,(H2,27,28,30);5-15H,1-4H3,(H,28,29)(H2,26,27,30);;2*1H2/q;;+1;;/p-1. The Balaban J connectivity index is 0.000000487. The number of ether oxygens (including phenoxy) is 5. The number of benzene rings is 6. The van der Waals surface area contributed by atoms with E-state index in [1.807, 2.05) is 70.1 Å². The molecule has 0 saturated carbocycles. The molecule has 23 heteroatoms. The van der Waals surface area contributed by atoms with Crippen molar-refractivity contribution in [1.82, 2.24) is 20.1 Å². The number of amides is 4. The van der Waals surface area contributed by atoms with Crippen LogP contribution in [0.2, 0.25) is 0 Å². The van der Waals surface area contributed by atoms with Gasteiger partial charge in [0.25, 0.3) is 20.0 Å². The number of hydrogen-bond acceptors (Lipinski definition) is 14. The maximum atomic E-state index is 13.1. The molecule has 8 N–H and O–H groups in total. The topological polar surface area (TPSA) is 313 Å². The van der Waals surface area contributed by atoms with Gasteiger partial charge in [0.1, 0.15) is 44.3 Å². The molecule has 74 heavy (non-hydrogen) atoms. The third-order valence-electron chi connectivity index (χ3n) is 9.54. The normalized spacial score (nSPS) is 10.9. The monoisotopic (exact) mass is 1050 g/mol. The summed E-state index contributed by atoms with van der Waals surface area (Å²) in [6, 6.07) is 34.1. The minimum Gasteiger partial charge on any atom is -0.870 e. The molecule has 0 radical (unpaired) electrons. The average Bonchev–Trinajstić information content (AvgIpc) is 3.30. The Hall–Kier alpha value is -7.58. The van der Waals surface area contributed by atoms with E-state index < -0.39 is 64.9 Å². The SMILES string of the molecule is COC(=O)c1ccc(Oc2cccc(-c3ccc(OC)cc3)c2)c(S(=O)(=O)NC(=O)NC(C)(C)C)c1.COc1ccc(-c2cccc(Oc3ccc(C(=O)O)cc3S(=O)(=O)NC(=O)NC(C)(C)C)c2)cc1.O.[Li+].[OH-]. The second-order valence-electron chi connectivity index (χ2n) is 17.5. The third-order valence-corrected chi connectivity index (χ3v) is 12.2. The van der Waals surface area contributed by atoms with Crippen LogP contribution < -0.4 is 57.9 Å². The molecule has 6 aromatic carbocycles. The van der Waals surface area contributed by atoms with Crippen LogP contribution in [0.25, 0.3) is 22.3 Å². The van der Waals surface area contributed by atoms with Crippen molar-refractivity contribution in [2.45, 2.75) is 62.4 Å². The molecule has 0 heterocycles. The van der Waals surface area contributed by atoms with Crippen molar-refractivity contribution in [2.75, 3.05) is 21.3 Å². The van der Waals surface area contributed by atoms with Crippen molar-refractivity contribution in [1.29, 1.82) is 0 Å². The zero-order valence-electron chi connectivity index (χ0n) is 42.2. The summed E-state index contributed by atoms with van der Waals surface area (Å²) in [7, 11) is -4.56. The maximum absolute atomic E-state index is 13.1. The summed E-state index contributed by atoms with van der Waals surface area (Å²) >= 11 is 0. The van der Waals surface area contributed by atoms with Gasteiger partial charge in [0.2, 0.25) is 0 Å². The van der Waals surface area contributed by atoms with E-state index in [2.05, 4.69) is 10.6 Å². The molecule has 0 aromatic heterocycles. The number of urea groups is 2. The number of carboxylic acids is 1. The zero-order valence-corrected chi connectivity index (χ0v) is 43.9. The fourth-order valence-corrected chi connectivity index (χ4v) is 8.49. The van der Waals surface area contributed by atoms with Gasteiger partial charge in [-0.05, 0) is 149 Å². The Labute approximate surface area is 441 Å². The Morgan fingerprint density at radius 3 is 1.19 bits per heavy atom. The predicted molar refractivity (Wildman–Crippen MR) is 271 cm³/mol. The number of esters is 1. The van der Waals surface area contributed by atoms with E-state index >= 15 is 0 Å². The van der Waals surface area contributed by atoms with Crippen LogP contribution in [0, 0.1) is 0 Å². The van der Waals surface area contributed by atoms with Crippen LogP contribution in [0.5, 0.6) is 34.5 Å². The second kappa shape index (κ2) is 26.4. The van der Waals surface area contributed by atoms with E-state index in [0.717, 1.165) is 40.1 Å². The van der Waals surface area contributed by atoms with Gasteiger partial charge in [-0.15, -0.1) is 0 Å². The first-order chi connectivity index (χ1) is 33.3. The zero-order chi connectivity index (χ0) is 52.3. The molecular weight excluding hydrogens is 996 g/mol. The first kappa shape index (κ1) is 62.5. The number of rotatable bonds is 14. The van der Waals surface area contributed by atoms with E-state index in [1.54, 1.807) is 92.2 Å². The molecule has 0 saturated heterocycles. The Bertz CT molecular complexity index is 3140. The molecule has 0 bridgehead atoms. The van der Waals surface area contributed by atoms with Gasteiger partial charge in [-0.2, -0.15) is 0 Å². The van der Waals surface area contributed by atoms with Crippen molar-refractivity contribution < 1.29 is 94.6 Å². The molecule has 0 aliphatic rings. The summed E-state index contributed by atoms with van der Waals surface area (Å²) in [5, 5.41) is 14.4. The molecule has 0 aliphatic heterocycles. The minimum atomic E-state index is -4.47. The molecule has 6 aromatic rings. The summed E-state index contributed by atoms with van der Waals surface area (Å²) in [5.41, 5.74) is 1.75. The fourth-order valence-electron chi connectivity index (χ4n) is 6.37. The molecule has 0 spiro atoms. The van der Waals surface area contributed by atoms with Crippen molar-refractivity contribution in [3.05, 3.63) is 145 Å². The maximum Gasteiger partial charge on any atom is 1.00 e. The van der Waals surface area contributed by atoms with Crippen molar-refractivity contribution in [2.24, 2.45) is 0 Å². The number of nitrogens with one attached hydrogen (secondary N) is 4. The van der Waals surface area contributed by atoms with Gasteiger partial charge < -0.3 is 50.4 Å². The van der Waals surface area contributed by atoms with E-state index in [-0.39, 0.29) is 52.4 Å². The van der Waals surface area contributed by atoms with Crippen LogP contribution in [0.1, 0.15) is 62.3 Å². The first-order valence-corrected chi connectivity index (χ1v) is 24.4. The van der Waals surface area contributed by atoms with Gasteiger partial charge in [0.05, 0.1) is 32.5 Å². The van der Waals surface area contributed by atoms with E-state index in [0.29, 0.717) is 17.2 Å². The quantitative estimate of drug-likeness (QED) is 0.0677. The van der Waals surface area contributed by atoms with Crippen LogP contribution in [0.3, 0.4) is 0 Å². The smallest absolute Gasteiger partial charge is 0.870 e. The Morgan fingerprint density at radius 2 is 0.851 bits per heavy atom. The van der Waals surface area contributed by atoms with Crippen molar-refractivity contribution >= 4 is 44.0 Å². The molecule has 0 atom stereocenters. The molecule has 6 rings (SSSR count). The molecule has 0 unspecified atom stereocenters. The first-order valence-electron chi connectivity index (χ1n) is 21.4. The van der Waals surface area contributed by atoms with Crippen LogP contribution in [0.4, 0.5) is 9.59 Å². The number of carboxylic acid groups (broad SMARTS) is 1. The van der Waals surface area contributed by atoms with Crippen LogP contribution >= 0.6 is 0 Å². The van der Waals surface area contributed by atoms with Gasteiger partial charge in [-0.3, -0.25) is 0 Å². The summed E-state index contributed by atoms with van der Waals surface area (Å²) in [6.45, 7) is 10.2. The summed E-state index contributed by atoms with van der Waals surface area (Å²) < 4.78 is 83.0. The summed E-state index contributed by atoms with van der Waals surface area (Å²) in [5.74, 6) is -0.190. The molecular formula is C51H57LiN4O16S2. The summed E-state index contributed by atoms with van der Waals surface area (Å²) in [4.78, 5) is 47.1. The van der Waals surface area contributed by atoms with Crippen molar-refractivity contribution in [3.63, 3.8) is 0 Å². The molecule has 4 amide bonds. The number of hydrogen-bond donors (Lipinski definition) is 5. The van der Waals surface area contributed by atoms with Gasteiger partial charge in [0.15, 0.2) is 0 Å². The molecule has 0 aliphatic carbocycles. The number of methoxy groups -OCH3 is 3. The van der Waals surface area contributed by atoms with E-state index in [1.165, 1.54) is 31.4 Å². The second-order valence-corrected chi connectivity index (χ2v) is 20.8. The van der Waals surface area contributed by atoms with Gasteiger partial charge in [-0.25, -0.2) is 45.5 Å². The van der Waals surface area contributed by atoms with Gasteiger partial charge in [-0.1, -0.05) is 48.5 Å². The largest absolute Gasteiger partial charge is 1.00 e. The van der Waals surface area contributed by atoms with E-state index in [4.69, 9.17) is 23.7 Å². The minimum absolute atomic E-state index is 0. The average molecular weight is 1050 g/mol. The number of sulfonamides is 2. The Kier molecular flexibility index (Phi) is 22.3. The molecule has 390 valence electrons. The van der Waals surface area contributed by atoms with Gasteiger partial charge >= 0.3 is 42.9 Å². The van der Waals surface area contributed by atoms with Crippen LogP contribution in [-0.4, -0.2) is 89.3 Å². The summed E-state index contributed by atoms with van der Waals surface area (Å²) in [6.07, 6.45) is 0. The predicted octanol–water partition coefficient (Wildman–Crippen LogP) is 5.37. The molecule has 20 nitrogen and oxygen atoms in total. The number of carbonyl (C=O) groups excluding carboxylic acids is 3. The van der Waals surface area contributed by atoms with Gasteiger partial charge in [0, 0.05) is 11.1 Å². The van der Waals surface area contributed by atoms with Crippen molar-refractivity contribution in [3.8, 4) is 56.8 Å². The number of carbonyl (C=O) groups is 4. The van der Waals surface area contributed by atoms with Crippen LogP contribution in [0.15, 0.2) is 143 Å². The fraction of sp³-hybridized carbons (Fsp3) is 0.216. The Morgan fingerprint density at radius 1 is 0.486 bits per heavy atom. The van der Waals surface area contributed by atoms with Crippen LogP contribution in [-0.2, 0) is 24.8 Å². The number of aromatic carboxylic acids is 1. The third kappa shape index (κ3) is 17.9. The van der Waals surface area contributed by atoms with E-state index in [9.17, 15) is 41.1 Å².